The Kier molecular flexibility index (Phi) is 5.21. The number of para-hydroxylation sites is 1. The number of hydrogen-bond acceptors (Lipinski definition) is 2. The summed E-state index contributed by atoms with van der Waals surface area (Å²) in [6.45, 7) is 0. The maximum atomic E-state index is 12.1. The van der Waals surface area contributed by atoms with Crippen LogP contribution in [0.15, 0.2) is 66.9 Å². The summed E-state index contributed by atoms with van der Waals surface area (Å²) in [7, 11) is 0. The van der Waals surface area contributed by atoms with Crippen LogP contribution in [0.4, 0.5) is 5.69 Å². The molecule has 1 aromatic heterocycles. The minimum atomic E-state index is -0.00494. The standard InChI is InChI=1S/C21H18N2O/c24-20(15-6-2-5-11-17-9-3-1-4-10-17)23-19-14-7-12-18-13-8-16-22-21(18)19/h1,3-4,7-10,12-14,16H,2,6,15H2,(H,23,24). The molecule has 24 heavy (non-hydrogen) atoms. The molecule has 0 aliphatic heterocycles. The van der Waals surface area contributed by atoms with Crippen molar-refractivity contribution in [3.63, 3.8) is 0 Å². The number of amides is 1. The van der Waals surface area contributed by atoms with Gasteiger partial charge in [0.25, 0.3) is 0 Å². The SMILES string of the molecule is O=C(CCCC#Cc1ccccc1)Nc1cccc2cccnc12. The molecule has 0 saturated carbocycles. The highest BCUT2D eigenvalue weighted by Gasteiger charge is 2.05. The molecule has 0 saturated heterocycles. The first-order valence-corrected chi connectivity index (χ1v) is 8.00. The van der Waals surface area contributed by atoms with Crippen LogP contribution in [0, 0.1) is 11.8 Å². The van der Waals surface area contributed by atoms with E-state index in [-0.39, 0.29) is 5.91 Å². The molecule has 0 aliphatic carbocycles. The van der Waals surface area contributed by atoms with Gasteiger partial charge in [-0.25, -0.2) is 0 Å². The number of carbonyl (C=O) groups is 1. The third-order valence-electron chi connectivity index (χ3n) is 3.62. The molecular weight excluding hydrogens is 296 g/mol. The summed E-state index contributed by atoms with van der Waals surface area (Å²) in [5.41, 5.74) is 2.58. The second-order valence-corrected chi connectivity index (χ2v) is 5.45. The van der Waals surface area contributed by atoms with Crippen LogP contribution in [0.3, 0.4) is 0 Å². The van der Waals surface area contributed by atoms with Gasteiger partial charge in [0, 0.05) is 30.0 Å². The molecule has 1 N–H and O–H groups in total. The van der Waals surface area contributed by atoms with Crippen LogP contribution in [-0.4, -0.2) is 10.9 Å². The first kappa shape index (κ1) is 15.8. The monoisotopic (exact) mass is 314 g/mol. The van der Waals surface area contributed by atoms with E-state index in [1.807, 2.05) is 60.7 Å². The van der Waals surface area contributed by atoms with Crippen molar-refractivity contribution in [1.82, 2.24) is 4.98 Å². The predicted molar refractivity (Wildman–Crippen MR) is 97.5 cm³/mol. The molecule has 0 atom stereocenters. The molecule has 118 valence electrons. The highest BCUT2D eigenvalue weighted by Crippen LogP contribution is 2.20. The Morgan fingerprint density at radius 1 is 1.00 bits per heavy atom. The largest absolute Gasteiger partial charge is 0.324 e. The molecule has 3 aromatic rings. The van der Waals surface area contributed by atoms with Crippen LogP contribution in [-0.2, 0) is 4.79 Å². The quantitative estimate of drug-likeness (QED) is 0.573. The summed E-state index contributed by atoms with van der Waals surface area (Å²) >= 11 is 0. The fraction of sp³-hybridized carbons (Fsp3) is 0.143. The average Bonchev–Trinajstić information content (AvgIpc) is 2.63. The van der Waals surface area contributed by atoms with Crippen molar-refractivity contribution < 1.29 is 4.79 Å². The zero-order valence-electron chi connectivity index (χ0n) is 13.3. The Morgan fingerprint density at radius 3 is 2.71 bits per heavy atom. The molecule has 0 aliphatic rings. The number of pyridine rings is 1. The number of aromatic nitrogens is 1. The maximum Gasteiger partial charge on any atom is 0.224 e. The first-order valence-electron chi connectivity index (χ1n) is 8.00. The summed E-state index contributed by atoms with van der Waals surface area (Å²) < 4.78 is 0. The third-order valence-corrected chi connectivity index (χ3v) is 3.62. The van der Waals surface area contributed by atoms with Crippen LogP contribution in [0.1, 0.15) is 24.8 Å². The van der Waals surface area contributed by atoms with Gasteiger partial charge < -0.3 is 5.32 Å². The summed E-state index contributed by atoms with van der Waals surface area (Å²) in [6, 6.07) is 19.5. The Balaban J connectivity index is 1.52. The van der Waals surface area contributed by atoms with Crippen LogP contribution in [0.2, 0.25) is 0 Å². The minimum absolute atomic E-state index is 0.00494. The Hall–Kier alpha value is -3.12. The molecular formula is C21H18N2O. The van der Waals surface area contributed by atoms with E-state index < -0.39 is 0 Å². The second-order valence-electron chi connectivity index (χ2n) is 5.45. The Labute approximate surface area is 141 Å². The lowest BCUT2D eigenvalue weighted by Gasteiger charge is -2.07. The molecule has 3 nitrogen and oxygen atoms in total. The van der Waals surface area contributed by atoms with Crippen molar-refractivity contribution in [3.8, 4) is 11.8 Å². The molecule has 0 spiro atoms. The number of unbranched alkanes of at least 4 members (excludes halogenated alkanes) is 1. The third kappa shape index (κ3) is 4.21. The van der Waals surface area contributed by atoms with Gasteiger partial charge in [0.05, 0.1) is 11.2 Å². The van der Waals surface area contributed by atoms with Gasteiger partial charge in [-0.1, -0.05) is 48.2 Å². The molecule has 3 rings (SSSR count). The lowest BCUT2D eigenvalue weighted by atomic mass is 10.1. The highest BCUT2D eigenvalue weighted by atomic mass is 16.1. The van der Waals surface area contributed by atoms with Gasteiger partial charge in [0.15, 0.2) is 0 Å². The Morgan fingerprint density at radius 2 is 1.83 bits per heavy atom. The van der Waals surface area contributed by atoms with Gasteiger partial charge in [0.2, 0.25) is 5.91 Å². The van der Waals surface area contributed by atoms with E-state index in [0.717, 1.165) is 28.6 Å². The van der Waals surface area contributed by atoms with Crippen molar-refractivity contribution in [2.45, 2.75) is 19.3 Å². The van der Waals surface area contributed by atoms with Gasteiger partial charge in [0.1, 0.15) is 0 Å². The van der Waals surface area contributed by atoms with Crippen LogP contribution in [0.25, 0.3) is 10.9 Å². The van der Waals surface area contributed by atoms with Crippen molar-refractivity contribution in [3.05, 3.63) is 72.4 Å². The van der Waals surface area contributed by atoms with E-state index in [9.17, 15) is 4.79 Å². The lowest BCUT2D eigenvalue weighted by molar-refractivity contribution is -0.116. The molecule has 0 radical (unpaired) electrons. The summed E-state index contributed by atoms with van der Waals surface area (Å²) in [4.78, 5) is 16.4. The zero-order valence-corrected chi connectivity index (χ0v) is 13.3. The van der Waals surface area contributed by atoms with E-state index >= 15 is 0 Å². The van der Waals surface area contributed by atoms with E-state index in [1.54, 1.807) is 6.20 Å². The first-order chi connectivity index (χ1) is 11.8. The number of fused-ring (bicyclic) bond motifs is 1. The van der Waals surface area contributed by atoms with Crippen molar-refractivity contribution in [1.29, 1.82) is 0 Å². The minimum Gasteiger partial charge on any atom is -0.324 e. The zero-order chi connectivity index (χ0) is 16.6. The van der Waals surface area contributed by atoms with Crippen molar-refractivity contribution in [2.75, 3.05) is 5.32 Å². The normalized spacial score (nSPS) is 10.0. The smallest absolute Gasteiger partial charge is 0.224 e. The maximum absolute atomic E-state index is 12.1. The molecule has 0 unspecified atom stereocenters. The van der Waals surface area contributed by atoms with E-state index in [0.29, 0.717) is 12.8 Å². The van der Waals surface area contributed by atoms with Crippen molar-refractivity contribution >= 4 is 22.5 Å². The Bertz CT molecular complexity index is 886. The van der Waals surface area contributed by atoms with Crippen molar-refractivity contribution in [2.24, 2.45) is 0 Å². The number of nitrogens with one attached hydrogen (secondary N) is 1. The number of rotatable bonds is 4. The van der Waals surface area contributed by atoms with E-state index in [1.165, 1.54) is 0 Å². The van der Waals surface area contributed by atoms with Crippen LogP contribution in [0.5, 0.6) is 0 Å². The molecule has 0 fully saturated rings. The number of carbonyl (C=O) groups excluding carboxylic acids is 1. The van der Waals surface area contributed by atoms with Gasteiger partial charge in [-0.05, 0) is 30.7 Å². The molecule has 2 aromatic carbocycles. The van der Waals surface area contributed by atoms with E-state index in [4.69, 9.17) is 0 Å². The molecule has 1 amide bonds. The van der Waals surface area contributed by atoms with Gasteiger partial charge in [-0.2, -0.15) is 0 Å². The predicted octanol–water partition coefficient (Wildman–Crippen LogP) is 4.40. The number of nitrogens with zero attached hydrogens (tertiary/aromatic N) is 1. The van der Waals surface area contributed by atoms with Crippen LogP contribution < -0.4 is 5.32 Å². The van der Waals surface area contributed by atoms with Crippen LogP contribution >= 0.6 is 0 Å². The lowest BCUT2D eigenvalue weighted by Crippen LogP contribution is -2.11. The number of anilines is 1. The molecule has 0 bridgehead atoms. The molecule has 1 heterocycles. The van der Waals surface area contributed by atoms with Gasteiger partial charge in [-0.3, -0.25) is 9.78 Å². The fourth-order valence-electron chi connectivity index (χ4n) is 2.44. The number of benzene rings is 2. The number of hydrogen-bond donors (Lipinski definition) is 1. The summed E-state index contributed by atoms with van der Waals surface area (Å²) in [5, 5.41) is 3.96. The molecule has 3 heteroatoms. The van der Waals surface area contributed by atoms with Gasteiger partial charge in [-0.15, -0.1) is 0 Å². The van der Waals surface area contributed by atoms with E-state index in [2.05, 4.69) is 22.1 Å². The van der Waals surface area contributed by atoms with Gasteiger partial charge >= 0.3 is 0 Å². The fourth-order valence-corrected chi connectivity index (χ4v) is 2.44. The highest BCUT2D eigenvalue weighted by molar-refractivity contribution is 6.00. The topological polar surface area (TPSA) is 42.0 Å². The second kappa shape index (κ2) is 7.94. The average molecular weight is 314 g/mol. The summed E-state index contributed by atoms with van der Waals surface area (Å²) in [5.74, 6) is 6.20. The summed E-state index contributed by atoms with van der Waals surface area (Å²) in [6.07, 6.45) is 3.63.